The molecule has 0 atom stereocenters. The smallest absolute Gasteiger partial charge is 0.303 e. The molecule has 0 spiro atoms. The quantitative estimate of drug-likeness (QED) is 0.0626. The van der Waals surface area contributed by atoms with Crippen LogP contribution in [0.15, 0.2) is 0 Å². The van der Waals surface area contributed by atoms with Crippen LogP contribution in [0.5, 0.6) is 0 Å². The van der Waals surface area contributed by atoms with Gasteiger partial charge in [0.15, 0.2) is 0 Å². The molecule has 254 valence electrons. The molecular formula is C33H63NO9. The van der Waals surface area contributed by atoms with Crippen molar-refractivity contribution in [1.82, 2.24) is 5.32 Å². The van der Waals surface area contributed by atoms with E-state index in [9.17, 15) is 14.4 Å². The highest BCUT2D eigenvalue weighted by atomic mass is 16.5. The second kappa shape index (κ2) is 30.3. The van der Waals surface area contributed by atoms with Crippen molar-refractivity contribution >= 4 is 17.8 Å². The van der Waals surface area contributed by atoms with Crippen LogP contribution in [0.25, 0.3) is 0 Å². The van der Waals surface area contributed by atoms with Crippen LogP contribution in [-0.4, -0.2) is 86.0 Å². The van der Waals surface area contributed by atoms with Crippen molar-refractivity contribution in [2.24, 2.45) is 5.41 Å². The fraction of sp³-hybridized carbons (Fsp3) is 0.909. The van der Waals surface area contributed by atoms with E-state index in [0.717, 1.165) is 116 Å². The highest BCUT2D eigenvalue weighted by molar-refractivity contribution is 5.82. The minimum atomic E-state index is -0.716. The number of aliphatic carboxylic acids is 2. The number of carbonyl (C=O) groups excluding carboxylic acids is 1. The largest absolute Gasteiger partial charge is 0.481 e. The number of hydrogen-bond acceptors (Lipinski definition) is 7. The highest BCUT2D eigenvalue weighted by Gasteiger charge is 2.31. The first-order valence-corrected chi connectivity index (χ1v) is 16.9. The number of amides is 1. The van der Waals surface area contributed by atoms with E-state index in [4.69, 9.17) is 29.5 Å². The van der Waals surface area contributed by atoms with Gasteiger partial charge in [0.25, 0.3) is 0 Å². The molecule has 0 unspecified atom stereocenters. The SMILES string of the molecule is CC(CCCCCCCCCCC(=O)O)(CCCCCCCCCCC(=O)O)C(=O)NCCOCCOCCOCCO. The number of unbranched alkanes of at least 4 members (excludes halogenated alkanes) is 14. The molecule has 0 saturated heterocycles. The number of ether oxygens (including phenoxy) is 3. The van der Waals surface area contributed by atoms with Crippen molar-refractivity contribution in [3.05, 3.63) is 0 Å². The zero-order valence-corrected chi connectivity index (χ0v) is 27.1. The molecule has 0 fully saturated rings. The van der Waals surface area contributed by atoms with E-state index in [1.165, 1.54) is 0 Å². The lowest BCUT2D eigenvalue weighted by Crippen LogP contribution is -2.40. The Bertz CT molecular complexity index is 641. The standard InChI is InChI=1S/C33H63NO9/c1-33(20-16-12-8-4-2-6-10-14-18-30(36)37,21-17-13-9-5-3-7-11-15-19-31(38)39)32(40)34-22-24-41-26-28-43-29-27-42-25-23-35/h35H,2-29H2,1H3,(H,34,40)(H,36,37)(H,38,39). The monoisotopic (exact) mass is 617 g/mol. The minimum absolute atomic E-state index is 0.00547. The number of hydrogen-bond donors (Lipinski definition) is 4. The molecule has 4 N–H and O–H groups in total. The van der Waals surface area contributed by atoms with Crippen LogP contribution in [-0.2, 0) is 28.6 Å². The summed E-state index contributed by atoms with van der Waals surface area (Å²) in [6.45, 7) is 5.13. The summed E-state index contributed by atoms with van der Waals surface area (Å²) < 4.78 is 16.1. The molecule has 0 heterocycles. The van der Waals surface area contributed by atoms with E-state index in [0.29, 0.717) is 46.2 Å². The molecule has 0 aliphatic carbocycles. The van der Waals surface area contributed by atoms with Gasteiger partial charge in [-0.2, -0.15) is 0 Å². The van der Waals surface area contributed by atoms with Gasteiger partial charge >= 0.3 is 11.9 Å². The lowest BCUT2D eigenvalue weighted by Gasteiger charge is -2.29. The first kappa shape index (κ1) is 41.2. The summed E-state index contributed by atoms with van der Waals surface area (Å²) in [7, 11) is 0. The average molecular weight is 618 g/mol. The van der Waals surface area contributed by atoms with E-state index in [-0.39, 0.29) is 25.4 Å². The van der Waals surface area contributed by atoms with Crippen LogP contribution in [0.1, 0.15) is 135 Å². The Labute approximate surface area is 260 Å². The Morgan fingerprint density at radius 2 is 0.884 bits per heavy atom. The highest BCUT2D eigenvalue weighted by Crippen LogP contribution is 2.32. The normalized spacial score (nSPS) is 11.6. The van der Waals surface area contributed by atoms with Gasteiger partial charge in [-0.15, -0.1) is 0 Å². The number of aliphatic hydroxyl groups is 1. The van der Waals surface area contributed by atoms with Crippen molar-refractivity contribution in [2.45, 2.75) is 135 Å². The maximum atomic E-state index is 13.2. The molecule has 10 heteroatoms. The molecular weight excluding hydrogens is 554 g/mol. The third-order valence-electron chi connectivity index (χ3n) is 7.80. The maximum absolute atomic E-state index is 13.2. The van der Waals surface area contributed by atoms with Crippen molar-refractivity contribution in [3.63, 3.8) is 0 Å². The van der Waals surface area contributed by atoms with Gasteiger partial charge < -0.3 is 34.8 Å². The third kappa shape index (κ3) is 28.8. The summed E-state index contributed by atoms with van der Waals surface area (Å²) in [5.41, 5.74) is -0.397. The zero-order valence-electron chi connectivity index (χ0n) is 27.1. The van der Waals surface area contributed by atoms with Crippen molar-refractivity contribution in [2.75, 3.05) is 52.8 Å². The van der Waals surface area contributed by atoms with Crippen LogP contribution < -0.4 is 5.32 Å². The van der Waals surface area contributed by atoms with Gasteiger partial charge in [0, 0.05) is 24.8 Å². The molecule has 0 rings (SSSR count). The molecule has 0 aromatic heterocycles. The first-order chi connectivity index (χ1) is 20.8. The van der Waals surface area contributed by atoms with Gasteiger partial charge in [0.1, 0.15) is 0 Å². The predicted octanol–water partition coefficient (Wildman–Crippen LogP) is 6.12. The van der Waals surface area contributed by atoms with E-state index in [1.807, 2.05) is 0 Å². The van der Waals surface area contributed by atoms with Gasteiger partial charge in [0.05, 0.1) is 46.2 Å². The molecule has 0 radical (unpaired) electrons. The molecule has 0 aromatic carbocycles. The Morgan fingerprint density at radius 1 is 0.535 bits per heavy atom. The third-order valence-corrected chi connectivity index (χ3v) is 7.80. The number of carboxylic acids is 2. The minimum Gasteiger partial charge on any atom is -0.481 e. The van der Waals surface area contributed by atoms with Gasteiger partial charge in [0.2, 0.25) is 5.91 Å². The van der Waals surface area contributed by atoms with E-state index in [2.05, 4.69) is 12.2 Å². The van der Waals surface area contributed by atoms with E-state index < -0.39 is 17.4 Å². The lowest BCUT2D eigenvalue weighted by atomic mass is 9.78. The van der Waals surface area contributed by atoms with Crippen molar-refractivity contribution in [3.8, 4) is 0 Å². The summed E-state index contributed by atoms with van der Waals surface area (Å²) in [5.74, 6) is -1.33. The molecule has 0 saturated carbocycles. The molecule has 43 heavy (non-hydrogen) atoms. The molecule has 1 amide bonds. The lowest BCUT2D eigenvalue weighted by molar-refractivity contribution is -0.138. The van der Waals surface area contributed by atoms with E-state index in [1.54, 1.807) is 0 Å². The Balaban J connectivity index is 4.28. The zero-order chi connectivity index (χ0) is 31.9. The number of aliphatic hydroxyl groups excluding tert-OH is 1. The van der Waals surface area contributed by atoms with Crippen LogP contribution in [0.4, 0.5) is 0 Å². The molecule has 10 nitrogen and oxygen atoms in total. The van der Waals surface area contributed by atoms with Gasteiger partial charge in [-0.3, -0.25) is 14.4 Å². The molecule has 0 bridgehead atoms. The maximum Gasteiger partial charge on any atom is 0.303 e. The average Bonchev–Trinajstić information content (AvgIpc) is 2.97. The van der Waals surface area contributed by atoms with Crippen LogP contribution >= 0.6 is 0 Å². The number of carbonyl (C=O) groups is 3. The first-order valence-electron chi connectivity index (χ1n) is 16.9. The number of carboxylic acid groups (broad SMARTS) is 2. The van der Waals surface area contributed by atoms with Crippen LogP contribution in [0.2, 0.25) is 0 Å². The molecule has 0 aliphatic heterocycles. The summed E-state index contributed by atoms with van der Waals surface area (Å²) in [4.78, 5) is 34.5. The van der Waals surface area contributed by atoms with Crippen LogP contribution in [0, 0.1) is 5.41 Å². The Morgan fingerprint density at radius 3 is 1.28 bits per heavy atom. The molecule has 0 aromatic rings. The Hall–Kier alpha value is -1.75. The molecule has 0 aliphatic rings. The number of rotatable bonds is 34. The fourth-order valence-corrected chi connectivity index (χ4v) is 5.11. The summed E-state index contributed by atoms with van der Waals surface area (Å²) in [6, 6.07) is 0. The summed E-state index contributed by atoms with van der Waals surface area (Å²) in [6.07, 6.45) is 19.0. The van der Waals surface area contributed by atoms with Gasteiger partial charge in [-0.25, -0.2) is 0 Å². The summed E-state index contributed by atoms with van der Waals surface area (Å²) >= 11 is 0. The topological polar surface area (TPSA) is 152 Å². The van der Waals surface area contributed by atoms with Gasteiger partial charge in [-0.05, 0) is 25.7 Å². The van der Waals surface area contributed by atoms with E-state index >= 15 is 0 Å². The fourth-order valence-electron chi connectivity index (χ4n) is 5.11. The summed E-state index contributed by atoms with van der Waals surface area (Å²) in [5, 5.41) is 29.2. The van der Waals surface area contributed by atoms with Gasteiger partial charge in [-0.1, -0.05) is 96.8 Å². The second-order valence-electron chi connectivity index (χ2n) is 11.8. The Kier molecular flexibility index (Phi) is 29.1. The number of nitrogens with one attached hydrogen (secondary N) is 1. The predicted molar refractivity (Wildman–Crippen MR) is 168 cm³/mol. The van der Waals surface area contributed by atoms with Crippen molar-refractivity contribution in [1.29, 1.82) is 0 Å². The van der Waals surface area contributed by atoms with Crippen LogP contribution in [0.3, 0.4) is 0 Å². The van der Waals surface area contributed by atoms with Crippen molar-refractivity contribution < 1.29 is 43.9 Å². The second-order valence-corrected chi connectivity index (χ2v) is 11.8.